The van der Waals surface area contributed by atoms with E-state index in [0.717, 1.165) is 51.6 Å². The topological polar surface area (TPSA) is 78.4 Å². The van der Waals surface area contributed by atoms with E-state index in [1.54, 1.807) is 19.0 Å². The molecule has 2 atom stereocenters. The Bertz CT molecular complexity index is 718. The number of aliphatic imine (C=N–C) groups is 1. The second-order valence-electron chi connectivity index (χ2n) is 8.08. The molecule has 1 aromatic rings. The Morgan fingerprint density at radius 1 is 1.30 bits per heavy atom. The highest BCUT2D eigenvalue weighted by molar-refractivity contribution is 5.85. The van der Waals surface area contributed by atoms with Crippen LogP contribution in [-0.2, 0) is 9.53 Å². The second-order valence-corrected chi connectivity index (χ2v) is 8.08. The molecule has 2 N–H and O–H groups in total. The fourth-order valence-electron chi connectivity index (χ4n) is 3.69. The maximum absolute atomic E-state index is 12.0. The van der Waals surface area contributed by atoms with Crippen molar-refractivity contribution in [3.8, 4) is 5.75 Å². The molecule has 2 aliphatic rings. The minimum Gasteiger partial charge on any atom is -0.493 e. The standard InChI is InChI=1S/C22H35N5O3/c1-17(19-16-30-20-8-5-4-7-18(19)20)25-22(24-15-21(28)26(2)3)23-9-6-10-27-11-13-29-14-12-27/h4-5,7-8,17,19H,6,9-16H2,1-3H3,(H2,23,24,25). The number of nitrogens with one attached hydrogen (secondary N) is 2. The van der Waals surface area contributed by atoms with Gasteiger partial charge in [-0.15, -0.1) is 0 Å². The predicted molar refractivity (Wildman–Crippen MR) is 118 cm³/mol. The van der Waals surface area contributed by atoms with Crippen molar-refractivity contribution in [3.05, 3.63) is 29.8 Å². The van der Waals surface area contributed by atoms with Crippen molar-refractivity contribution in [2.24, 2.45) is 4.99 Å². The van der Waals surface area contributed by atoms with Crippen LogP contribution in [0.15, 0.2) is 29.3 Å². The van der Waals surface area contributed by atoms with Crippen LogP contribution in [0.2, 0.25) is 0 Å². The molecule has 0 bridgehead atoms. The predicted octanol–water partition coefficient (Wildman–Crippen LogP) is 0.897. The zero-order valence-corrected chi connectivity index (χ0v) is 18.4. The van der Waals surface area contributed by atoms with E-state index in [4.69, 9.17) is 9.47 Å². The van der Waals surface area contributed by atoms with E-state index < -0.39 is 0 Å². The molecule has 0 aliphatic carbocycles. The molecule has 3 rings (SSSR count). The van der Waals surface area contributed by atoms with Crippen molar-refractivity contribution >= 4 is 11.9 Å². The van der Waals surface area contributed by atoms with Crippen molar-refractivity contribution in [2.45, 2.75) is 25.3 Å². The number of guanidine groups is 1. The van der Waals surface area contributed by atoms with Gasteiger partial charge in [-0.3, -0.25) is 9.69 Å². The number of morpholine rings is 1. The molecule has 2 aliphatic heterocycles. The summed E-state index contributed by atoms with van der Waals surface area (Å²) in [6, 6.07) is 8.29. The van der Waals surface area contributed by atoms with Gasteiger partial charge in [0.25, 0.3) is 0 Å². The molecule has 0 spiro atoms. The van der Waals surface area contributed by atoms with Crippen LogP contribution in [0.5, 0.6) is 5.75 Å². The van der Waals surface area contributed by atoms with E-state index in [-0.39, 0.29) is 24.4 Å². The van der Waals surface area contributed by atoms with Crippen LogP contribution in [0.1, 0.15) is 24.8 Å². The van der Waals surface area contributed by atoms with Gasteiger partial charge in [-0.2, -0.15) is 0 Å². The summed E-state index contributed by atoms with van der Waals surface area (Å²) < 4.78 is 11.2. The van der Waals surface area contributed by atoms with Gasteiger partial charge in [0.15, 0.2) is 5.96 Å². The lowest BCUT2D eigenvalue weighted by Crippen LogP contribution is -2.46. The van der Waals surface area contributed by atoms with Crippen LogP contribution in [-0.4, -0.2) is 94.3 Å². The highest BCUT2D eigenvalue weighted by Gasteiger charge is 2.29. The molecule has 1 aromatic carbocycles. The number of hydrogen-bond donors (Lipinski definition) is 2. The number of amides is 1. The van der Waals surface area contributed by atoms with Gasteiger partial charge in [0.1, 0.15) is 12.3 Å². The van der Waals surface area contributed by atoms with Gasteiger partial charge >= 0.3 is 0 Å². The molecule has 1 fully saturated rings. The summed E-state index contributed by atoms with van der Waals surface area (Å²) in [5.41, 5.74) is 1.22. The van der Waals surface area contributed by atoms with E-state index in [0.29, 0.717) is 12.6 Å². The Balaban J connectivity index is 1.55. The SMILES string of the molecule is CC(NC(=NCC(=O)N(C)C)NCCCN1CCOCC1)C1COc2ccccc21. The molecule has 1 amide bonds. The monoisotopic (exact) mass is 417 g/mol. The molecule has 8 heteroatoms. The first kappa shape index (κ1) is 22.4. The van der Waals surface area contributed by atoms with Crippen molar-refractivity contribution < 1.29 is 14.3 Å². The van der Waals surface area contributed by atoms with Gasteiger partial charge in [-0.1, -0.05) is 18.2 Å². The van der Waals surface area contributed by atoms with E-state index in [2.05, 4.69) is 33.5 Å². The van der Waals surface area contributed by atoms with Crippen LogP contribution in [0.25, 0.3) is 0 Å². The Hall–Kier alpha value is -2.32. The van der Waals surface area contributed by atoms with Gasteiger partial charge in [0.05, 0.1) is 19.8 Å². The third-order valence-corrected chi connectivity index (χ3v) is 5.62. The van der Waals surface area contributed by atoms with Crippen molar-refractivity contribution in [1.29, 1.82) is 0 Å². The number of carbonyl (C=O) groups is 1. The van der Waals surface area contributed by atoms with Gasteiger partial charge < -0.3 is 25.0 Å². The number of hydrogen-bond acceptors (Lipinski definition) is 5. The Kier molecular flexibility index (Phi) is 8.33. The molecule has 8 nitrogen and oxygen atoms in total. The lowest BCUT2D eigenvalue weighted by atomic mass is 9.94. The van der Waals surface area contributed by atoms with E-state index in [1.165, 1.54) is 5.56 Å². The zero-order valence-electron chi connectivity index (χ0n) is 18.4. The average molecular weight is 418 g/mol. The molecule has 1 saturated heterocycles. The van der Waals surface area contributed by atoms with Gasteiger partial charge in [0, 0.05) is 51.3 Å². The normalized spacial score (nSPS) is 20.2. The maximum Gasteiger partial charge on any atom is 0.243 e. The van der Waals surface area contributed by atoms with E-state index >= 15 is 0 Å². The molecule has 0 radical (unpaired) electrons. The molecule has 0 aromatic heterocycles. The minimum atomic E-state index is -0.0217. The minimum absolute atomic E-state index is 0.0217. The van der Waals surface area contributed by atoms with Gasteiger partial charge in [-0.05, 0) is 26.0 Å². The number of rotatable bonds is 8. The number of nitrogens with zero attached hydrogens (tertiary/aromatic N) is 3. The number of benzene rings is 1. The first-order valence-electron chi connectivity index (χ1n) is 10.8. The van der Waals surface area contributed by atoms with Crippen molar-refractivity contribution in [1.82, 2.24) is 20.4 Å². The summed E-state index contributed by atoms with van der Waals surface area (Å²) in [5.74, 6) is 1.85. The summed E-state index contributed by atoms with van der Waals surface area (Å²) in [6.45, 7) is 8.35. The summed E-state index contributed by atoms with van der Waals surface area (Å²) in [5, 5.41) is 6.89. The van der Waals surface area contributed by atoms with Crippen LogP contribution in [0.3, 0.4) is 0 Å². The quantitative estimate of drug-likeness (QED) is 0.372. The number of para-hydroxylation sites is 1. The first-order valence-corrected chi connectivity index (χ1v) is 10.8. The molecule has 30 heavy (non-hydrogen) atoms. The summed E-state index contributed by atoms with van der Waals surface area (Å²) in [6.07, 6.45) is 1.01. The Labute approximate surface area is 179 Å². The summed E-state index contributed by atoms with van der Waals surface area (Å²) in [4.78, 5) is 20.5. The van der Waals surface area contributed by atoms with E-state index in [9.17, 15) is 4.79 Å². The molecular weight excluding hydrogens is 382 g/mol. The summed E-state index contributed by atoms with van der Waals surface area (Å²) >= 11 is 0. The highest BCUT2D eigenvalue weighted by Crippen LogP contribution is 2.35. The number of fused-ring (bicyclic) bond motifs is 1. The smallest absolute Gasteiger partial charge is 0.243 e. The molecular formula is C22H35N5O3. The Morgan fingerprint density at radius 2 is 2.07 bits per heavy atom. The summed E-state index contributed by atoms with van der Waals surface area (Å²) in [7, 11) is 3.49. The van der Waals surface area contributed by atoms with Crippen LogP contribution < -0.4 is 15.4 Å². The first-order chi connectivity index (χ1) is 14.5. The van der Waals surface area contributed by atoms with Crippen molar-refractivity contribution in [3.63, 3.8) is 0 Å². The lowest BCUT2D eigenvalue weighted by molar-refractivity contribution is -0.127. The highest BCUT2D eigenvalue weighted by atomic mass is 16.5. The number of likely N-dealkylation sites (N-methyl/N-ethyl adjacent to an activating group) is 1. The fraction of sp³-hybridized carbons (Fsp3) is 0.636. The molecule has 166 valence electrons. The molecule has 0 saturated carbocycles. The van der Waals surface area contributed by atoms with Gasteiger partial charge in [0.2, 0.25) is 5.91 Å². The number of ether oxygens (including phenoxy) is 2. The molecule has 2 heterocycles. The average Bonchev–Trinajstić information content (AvgIpc) is 3.19. The third-order valence-electron chi connectivity index (χ3n) is 5.62. The maximum atomic E-state index is 12.0. The Morgan fingerprint density at radius 3 is 2.83 bits per heavy atom. The lowest BCUT2D eigenvalue weighted by Gasteiger charge is -2.27. The van der Waals surface area contributed by atoms with Crippen LogP contribution in [0.4, 0.5) is 0 Å². The van der Waals surface area contributed by atoms with Crippen LogP contribution >= 0.6 is 0 Å². The molecule has 2 unspecified atom stereocenters. The van der Waals surface area contributed by atoms with Gasteiger partial charge in [-0.25, -0.2) is 4.99 Å². The van der Waals surface area contributed by atoms with Crippen molar-refractivity contribution in [2.75, 3.05) is 66.6 Å². The largest absolute Gasteiger partial charge is 0.493 e. The second kappa shape index (κ2) is 11.2. The van der Waals surface area contributed by atoms with Crippen LogP contribution in [0, 0.1) is 0 Å². The fourth-order valence-corrected chi connectivity index (χ4v) is 3.69. The van der Waals surface area contributed by atoms with E-state index in [1.807, 2.05) is 18.2 Å². The number of carbonyl (C=O) groups excluding carboxylic acids is 1. The zero-order chi connectivity index (χ0) is 21.3. The third kappa shape index (κ3) is 6.34.